The summed E-state index contributed by atoms with van der Waals surface area (Å²) in [5.41, 5.74) is 5.53. The van der Waals surface area contributed by atoms with Crippen LogP contribution in [0.4, 0.5) is 0 Å². The van der Waals surface area contributed by atoms with Crippen molar-refractivity contribution in [1.82, 2.24) is 15.0 Å². The first kappa shape index (κ1) is 18.9. The van der Waals surface area contributed by atoms with Crippen LogP contribution in [0.15, 0.2) is 36.4 Å². The van der Waals surface area contributed by atoms with Crippen molar-refractivity contribution in [2.75, 3.05) is 0 Å². The first-order valence-corrected chi connectivity index (χ1v) is 9.73. The summed E-state index contributed by atoms with van der Waals surface area (Å²) in [6, 6.07) is 12.4. The fraction of sp³-hybridized carbons (Fsp3) is 0.455. The van der Waals surface area contributed by atoms with Gasteiger partial charge in [-0.15, -0.1) is 10.2 Å². The van der Waals surface area contributed by atoms with Crippen LogP contribution in [0.5, 0.6) is 0 Å². The molecule has 0 fully saturated rings. The number of fused-ring (bicyclic) bond motifs is 1. The molecule has 138 valence electrons. The molecule has 4 heteroatoms. The van der Waals surface area contributed by atoms with Crippen molar-refractivity contribution in [1.29, 1.82) is 0 Å². The maximum Gasteiger partial charge on any atom is 0.115 e. The number of nitrogens with zero attached hydrogens (tertiary/aromatic N) is 3. The zero-order valence-corrected chi connectivity index (χ0v) is 17.4. The van der Waals surface area contributed by atoms with Crippen molar-refractivity contribution < 1.29 is 0 Å². The zero-order valence-electron chi connectivity index (χ0n) is 16.6. The number of rotatable bonds is 5. The summed E-state index contributed by atoms with van der Waals surface area (Å²) in [4.78, 5) is 1.74. The van der Waals surface area contributed by atoms with Gasteiger partial charge < -0.3 is 0 Å². The summed E-state index contributed by atoms with van der Waals surface area (Å²) in [5, 5.41) is 10.0. The van der Waals surface area contributed by atoms with Gasteiger partial charge in [0.2, 0.25) is 0 Å². The van der Waals surface area contributed by atoms with E-state index < -0.39 is 0 Å². The van der Waals surface area contributed by atoms with Crippen molar-refractivity contribution in [3.05, 3.63) is 52.5 Å². The fourth-order valence-corrected chi connectivity index (χ4v) is 3.09. The number of halogens is 1. The molecule has 0 amide bonds. The van der Waals surface area contributed by atoms with Crippen LogP contribution < -0.4 is 0 Å². The van der Waals surface area contributed by atoms with Crippen LogP contribution in [-0.2, 0) is 10.8 Å². The first-order chi connectivity index (χ1) is 12.2. The number of aromatic nitrogens is 3. The smallest absolute Gasteiger partial charge is 0.115 e. The Labute approximate surface area is 161 Å². The van der Waals surface area contributed by atoms with E-state index >= 15 is 0 Å². The van der Waals surface area contributed by atoms with E-state index in [-0.39, 0.29) is 10.8 Å². The number of benzene rings is 2. The summed E-state index contributed by atoms with van der Waals surface area (Å²) < 4.78 is 0. The van der Waals surface area contributed by atoms with Gasteiger partial charge in [0.25, 0.3) is 0 Å². The Balaban J connectivity index is 2.21. The minimum atomic E-state index is 0.102. The predicted octanol–water partition coefficient (Wildman–Crippen LogP) is 6.45. The van der Waals surface area contributed by atoms with Gasteiger partial charge in [-0.25, -0.2) is 0 Å². The lowest BCUT2D eigenvalue weighted by atomic mass is 9.76. The highest BCUT2D eigenvalue weighted by Gasteiger charge is 2.25. The molecule has 0 unspecified atom stereocenters. The van der Waals surface area contributed by atoms with Crippen LogP contribution >= 0.6 is 11.6 Å². The third kappa shape index (κ3) is 3.50. The Bertz CT molecular complexity index is 903. The van der Waals surface area contributed by atoms with E-state index in [1.165, 1.54) is 11.1 Å². The fourth-order valence-electron chi connectivity index (χ4n) is 2.92. The van der Waals surface area contributed by atoms with Crippen LogP contribution in [0.25, 0.3) is 16.7 Å². The summed E-state index contributed by atoms with van der Waals surface area (Å²) in [6.07, 6.45) is 2.15. The van der Waals surface area contributed by atoms with Crippen molar-refractivity contribution in [3.63, 3.8) is 0 Å². The standard InChI is InChI=1S/C22H28ClN3/c1-7-21(3,4)15-11-16(22(5,6)8-2)13-18(12-15)26-24-19-10-9-17(23)14-20(19)25-26/h9-14H,7-8H2,1-6H3. The second kappa shape index (κ2) is 6.70. The molecule has 1 aromatic heterocycles. The average molecular weight is 370 g/mol. The molecule has 3 nitrogen and oxygen atoms in total. The molecule has 0 spiro atoms. The molecule has 0 radical (unpaired) electrons. The lowest BCUT2D eigenvalue weighted by Crippen LogP contribution is -2.21. The second-order valence-electron chi connectivity index (χ2n) is 8.37. The van der Waals surface area contributed by atoms with Crippen LogP contribution in [0, 0.1) is 0 Å². The van der Waals surface area contributed by atoms with Crippen molar-refractivity contribution in [2.45, 2.75) is 65.2 Å². The van der Waals surface area contributed by atoms with Gasteiger partial charge in [0, 0.05) is 5.02 Å². The van der Waals surface area contributed by atoms with Gasteiger partial charge in [0.15, 0.2) is 0 Å². The van der Waals surface area contributed by atoms with Crippen LogP contribution in [0.3, 0.4) is 0 Å². The Kier molecular flexibility index (Phi) is 4.87. The number of hydrogen-bond donors (Lipinski definition) is 0. The van der Waals surface area contributed by atoms with Crippen LogP contribution in [-0.4, -0.2) is 15.0 Å². The van der Waals surface area contributed by atoms with E-state index in [4.69, 9.17) is 11.6 Å². The van der Waals surface area contributed by atoms with Gasteiger partial charge in [-0.2, -0.15) is 4.80 Å². The molecule has 1 heterocycles. The molecule has 0 aliphatic heterocycles. The molecule has 0 atom stereocenters. The minimum absolute atomic E-state index is 0.102. The summed E-state index contributed by atoms with van der Waals surface area (Å²) in [5.74, 6) is 0. The number of hydrogen-bond acceptors (Lipinski definition) is 2. The lowest BCUT2D eigenvalue weighted by molar-refractivity contribution is 0.487. The molecule has 3 rings (SSSR count). The Morgan fingerprint density at radius 3 is 1.88 bits per heavy atom. The van der Waals surface area contributed by atoms with Gasteiger partial charge in [0.1, 0.15) is 11.0 Å². The topological polar surface area (TPSA) is 30.7 Å². The van der Waals surface area contributed by atoms with Crippen molar-refractivity contribution in [3.8, 4) is 5.69 Å². The van der Waals surface area contributed by atoms with Crippen molar-refractivity contribution in [2.24, 2.45) is 0 Å². The lowest BCUT2D eigenvalue weighted by Gasteiger charge is -2.29. The molecule has 26 heavy (non-hydrogen) atoms. The van der Waals surface area contributed by atoms with E-state index in [2.05, 4.69) is 69.9 Å². The molecule has 0 saturated carbocycles. The molecule has 0 bridgehead atoms. The highest BCUT2D eigenvalue weighted by Crippen LogP contribution is 2.35. The van der Waals surface area contributed by atoms with Gasteiger partial charge in [-0.05, 0) is 65.1 Å². The van der Waals surface area contributed by atoms with Gasteiger partial charge in [-0.1, -0.05) is 59.2 Å². The summed E-state index contributed by atoms with van der Waals surface area (Å²) in [7, 11) is 0. The molecule has 0 saturated heterocycles. The molecule has 0 aliphatic rings. The molecule has 3 aromatic rings. The second-order valence-corrected chi connectivity index (χ2v) is 8.80. The Hall–Kier alpha value is -1.87. The largest absolute Gasteiger partial charge is 0.150 e. The van der Waals surface area contributed by atoms with E-state index in [1.54, 1.807) is 4.80 Å². The van der Waals surface area contributed by atoms with Gasteiger partial charge in [0.05, 0.1) is 5.69 Å². The predicted molar refractivity (Wildman–Crippen MR) is 111 cm³/mol. The molecule has 0 aliphatic carbocycles. The van der Waals surface area contributed by atoms with Crippen LogP contribution in [0.2, 0.25) is 5.02 Å². The maximum atomic E-state index is 6.10. The van der Waals surface area contributed by atoms with Crippen molar-refractivity contribution >= 4 is 22.6 Å². The highest BCUT2D eigenvalue weighted by molar-refractivity contribution is 6.31. The van der Waals surface area contributed by atoms with E-state index in [0.717, 1.165) is 29.6 Å². The summed E-state index contributed by atoms with van der Waals surface area (Å²) >= 11 is 6.10. The Morgan fingerprint density at radius 2 is 1.35 bits per heavy atom. The van der Waals surface area contributed by atoms with Crippen LogP contribution in [0.1, 0.15) is 65.5 Å². The first-order valence-electron chi connectivity index (χ1n) is 9.35. The van der Waals surface area contributed by atoms with Gasteiger partial charge >= 0.3 is 0 Å². The third-order valence-electron chi connectivity index (χ3n) is 5.82. The zero-order chi connectivity index (χ0) is 19.1. The molecule has 0 N–H and O–H groups in total. The quantitative estimate of drug-likeness (QED) is 0.517. The average Bonchev–Trinajstić information content (AvgIpc) is 3.04. The minimum Gasteiger partial charge on any atom is -0.150 e. The maximum absolute atomic E-state index is 6.10. The third-order valence-corrected chi connectivity index (χ3v) is 6.06. The van der Waals surface area contributed by atoms with Gasteiger partial charge in [-0.3, -0.25) is 0 Å². The monoisotopic (exact) mass is 369 g/mol. The summed E-state index contributed by atoms with van der Waals surface area (Å²) in [6.45, 7) is 13.6. The Morgan fingerprint density at radius 1 is 0.808 bits per heavy atom. The normalized spacial score (nSPS) is 12.7. The van der Waals surface area contributed by atoms with E-state index in [9.17, 15) is 0 Å². The molecular weight excluding hydrogens is 342 g/mol. The molecular formula is C22H28ClN3. The highest BCUT2D eigenvalue weighted by atomic mass is 35.5. The van der Waals surface area contributed by atoms with E-state index in [0.29, 0.717) is 5.02 Å². The SMILES string of the molecule is CCC(C)(C)c1cc(-n2nc3ccc(Cl)cc3n2)cc(C(C)(C)CC)c1. The van der Waals surface area contributed by atoms with E-state index in [1.807, 2.05) is 18.2 Å². The molecule has 2 aromatic carbocycles.